The van der Waals surface area contributed by atoms with Crippen molar-refractivity contribution in [2.24, 2.45) is 0 Å². The maximum Gasteiger partial charge on any atom is 0.255 e. The average molecular weight is 277 g/mol. The van der Waals surface area contributed by atoms with E-state index in [0.29, 0.717) is 28.8 Å². The highest BCUT2D eigenvalue weighted by Gasteiger charge is 2.18. The minimum absolute atomic E-state index is 0.416. The van der Waals surface area contributed by atoms with Crippen molar-refractivity contribution < 1.29 is 13.9 Å². The molecule has 1 aromatic carbocycles. The van der Waals surface area contributed by atoms with E-state index < -0.39 is 0 Å². The summed E-state index contributed by atoms with van der Waals surface area (Å²) in [7, 11) is 5.11. The van der Waals surface area contributed by atoms with Gasteiger partial charge in [0.05, 0.1) is 14.2 Å². The molecule has 2 aromatic rings. The highest BCUT2D eigenvalue weighted by atomic mass is 16.5. The van der Waals surface area contributed by atoms with Crippen molar-refractivity contribution in [1.82, 2.24) is 15.5 Å². The van der Waals surface area contributed by atoms with E-state index in [9.17, 15) is 0 Å². The summed E-state index contributed by atoms with van der Waals surface area (Å²) in [5.41, 5.74) is 0.685. The summed E-state index contributed by atoms with van der Waals surface area (Å²) in [6.07, 6.45) is 1.69. The molecule has 0 bridgehead atoms. The third-order valence-electron chi connectivity index (χ3n) is 2.93. The van der Waals surface area contributed by atoms with Gasteiger partial charge in [0.15, 0.2) is 0 Å². The molecule has 0 aliphatic heterocycles. The number of nitrogens with one attached hydrogen (secondary N) is 1. The predicted molar refractivity (Wildman–Crippen MR) is 75.1 cm³/mol. The van der Waals surface area contributed by atoms with Crippen molar-refractivity contribution in [1.29, 1.82) is 0 Å². The average Bonchev–Trinajstić information content (AvgIpc) is 2.95. The fourth-order valence-electron chi connectivity index (χ4n) is 1.93. The summed E-state index contributed by atoms with van der Waals surface area (Å²) in [6, 6.07) is 5.52. The lowest BCUT2D eigenvalue weighted by Crippen LogP contribution is -2.08. The van der Waals surface area contributed by atoms with Crippen LogP contribution < -0.4 is 14.8 Å². The molecule has 20 heavy (non-hydrogen) atoms. The smallest absolute Gasteiger partial charge is 0.255 e. The molecule has 0 atom stereocenters. The second kappa shape index (κ2) is 6.91. The Morgan fingerprint density at radius 2 is 1.85 bits per heavy atom. The van der Waals surface area contributed by atoms with E-state index in [0.717, 1.165) is 19.4 Å². The van der Waals surface area contributed by atoms with Crippen LogP contribution in [0.15, 0.2) is 22.6 Å². The van der Waals surface area contributed by atoms with Crippen LogP contribution in [0.5, 0.6) is 11.5 Å². The third-order valence-corrected chi connectivity index (χ3v) is 2.93. The van der Waals surface area contributed by atoms with Gasteiger partial charge in [-0.2, -0.15) is 0 Å². The molecule has 1 heterocycles. The topological polar surface area (TPSA) is 69.4 Å². The van der Waals surface area contributed by atoms with E-state index in [1.54, 1.807) is 14.2 Å². The number of hydrogen-bond acceptors (Lipinski definition) is 6. The first-order valence-electron chi connectivity index (χ1n) is 6.48. The van der Waals surface area contributed by atoms with Gasteiger partial charge in [-0.1, -0.05) is 6.07 Å². The zero-order valence-corrected chi connectivity index (χ0v) is 12.0. The molecule has 0 saturated heterocycles. The number of aryl methyl sites for hydroxylation is 1. The van der Waals surface area contributed by atoms with Gasteiger partial charge < -0.3 is 19.2 Å². The Bertz CT molecular complexity index is 532. The van der Waals surface area contributed by atoms with Gasteiger partial charge >= 0.3 is 0 Å². The monoisotopic (exact) mass is 277 g/mol. The number of rotatable bonds is 7. The fourth-order valence-corrected chi connectivity index (χ4v) is 1.93. The molecule has 0 fully saturated rings. The van der Waals surface area contributed by atoms with Crippen molar-refractivity contribution in [2.75, 3.05) is 27.8 Å². The largest absolute Gasteiger partial charge is 0.496 e. The normalized spacial score (nSPS) is 10.6. The Labute approximate surface area is 118 Å². The minimum Gasteiger partial charge on any atom is -0.496 e. The van der Waals surface area contributed by atoms with Gasteiger partial charge in [-0.3, -0.25) is 0 Å². The van der Waals surface area contributed by atoms with Gasteiger partial charge in [-0.15, -0.1) is 10.2 Å². The number of nitrogens with zero attached hydrogens (tertiary/aromatic N) is 2. The summed E-state index contributed by atoms with van der Waals surface area (Å²) < 4.78 is 16.4. The molecule has 0 saturated carbocycles. The first-order chi connectivity index (χ1) is 9.80. The van der Waals surface area contributed by atoms with E-state index in [-0.39, 0.29) is 0 Å². The summed E-state index contributed by atoms with van der Waals surface area (Å²) >= 11 is 0. The maximum atomic E-state index is 5.69. The van der Waals surface area contributed by atoms with Gasteiger partial charge in [0, 0.05) is 6.42 Å². The van der Waals surface area contributed by atoms with Crippen LogP contribution >= 0.6 is 0 Å². The second-order valence-corrected chi connectivity index (χ2v) is 4.25. The van der Waals surface area contributed by atoms with Gasteiger partial charge in [-0.05, 0) is 32.1 Å². The lowest BCUT2D eigenvalue weighted by Gasteiger charge is -2.09. The number of methoxy groups -OCH3 is 2. The van der Waals surface area contributed by atoms with E-state index in [4.69, 9.17) is 13.9 Å². The Hall–Kier alpha value is -2.08. The fraction of sp³-hybridized carbons (Fsp3) is 0.429. The summed E-state index contributed by atoms with van der Waals surface area (Å²) in [4.78, 5) is 0. The van der Waals surface area contributed by atoms with Crippen LogP contribution in [0.25, 0.3) is 11.5 Å². The molecule has 0 amide bonds. The van der Waals surface area contributed by atoms with E-state index in [2.05, 4.69) is 15.5 Å². The van der Waals surface area contributed by atoms with Gasteiger partial charge in [0.1, 0.15) is 17.1 Å². The van der Waals surface area contributed by atoms with Crippen LogP contribution in [-0.2, 0) is 6.42 Å². The molecular weight excluding hydrogens is 258 g/mol. The zero-order valence-electron chi connectivity index (χ0n) is 12.0. The lowest BCUT2D eigenvalue weighted by molar-refractivity contribution is 0.392. The first kappa shape index (κ1) is 14.3. The lowest BCUT2D eigenvalue weighted by atomic mass is 10.1. The van der Waals surface area contributed by atoms with Crippen LogP contribution in [-0.4, -0.2) is 38.0 Å². The van der Waals surface area contributed by atoms with Crippen molar-refractivity contribution in [3.63, 3.8) is 0 Å². The number of aromatic nitrogens is 2. The van der Waals surface area contributed by atoms with Crippen molar-refractivity contribution >= 4 is 0 Å². The molecule has 1 aromatic heterocycles. The van der Waals surface area contributed by atoms with Crippen molar-refractivity contribution in [2.45, 2.75) is 12.8 Å². The molecule has 0 unspecified atom stereocenters. The van der Waals surface area contributed by atoms with Crippen molar-refractivity contribution in [3.8, 4) is 23.0 Å². The highest BCUT2D eigenvalue weighted by Crippen LogP contribution is 2.37. The van der Waals surface area contributed by atoms with Crippen LogP contribution in [0, 0.1) is 0 Å². The van der Waals surface area contributed by atoms with E-state index in [1.165, 1.54) is 0 Å². The number of benzene rings is 1. The quantitative estimate of drug-likeness (QED) is 0.780. The van der Waals surface area contributed by atoms with Crippen molar-refractivity contribution in [3.05, 3.63) is 24.1 Å². The molecule has 2 rings (SSSR count). The minimum atomic E-state index is 0.416. The summed E-state index contributed by atoms with van der Waals surface area (Å²) in [5.74, 6) is 2.33. The predicted octanol–water partition coefficient (Wildman–Crippen LogP) is 1.91. The van der Waals surface area contributed by atoms with E-state index in [1.807, 2.05) is 25.2 Å². The zero-order chi connectivity index (χ0) is 14.4. The summed E-state index contributed by atoms with van der Waals surface area (Å²) in [6.45, 7) is 0.912. The van der Waals surface area contributed by atoms with Crippen LogP contribution in [0.4, 0.5) is 0 Å². The van der Waals surface area contributed by atoms with Gasteiger partial charge in [0.25, 0.3) is 5.89 Å². The summed E-state index contributed by atoms with van der Waals surface area (Å²) in [5, 5.41) is 11.2. The number of hydrogen-bond donors (Lipinski definition) is 1. The van der Waals surface area contributed by atoms with Crippen LogP contribution in [0.2, 0.25) is 0 Å². The Balaban J connectivity index is 2.27. The molecule has 0 radical (unpaired) electrons. The molecule has 0 aliphatic rings. The molecule has 0 spiro atoms. The Morgan fingerprint density at radius 1 is 1.15 bits per heavy atom. The van der Waals surface area contributed by atoms with Crippen LogP contribution in [0.3, 0.4) is 0 Å². The van der Waals surface area contributed by atoms with Gasteiger partial charge in [-0.25, -0.2) is 0 Å². The van der Waals surface area contributed by atoms with Crippen LogP contribution in [0.1, 0.15) is 12.3 Å². The molecule has 6 heteroatoms. The Kier molecular flexibility index (Phi) is 4.95. The molecular formula is C14H19N3O3. The SMILES string of the molecule is CNCCCc1nnc(-c2c(OC)cccc2OC)o1. The Morgan fingerprint density at radius 3 is 2.45 bits per heavy atom. The third kappa shape index (κ3) is 3.08. The highest BCUT2D eigenvalue weighted by molar-refractivity contribution is 5.70. The molecule has 6 nitrogen and oxygen atoms in total. The first-order valence-corrected chi connectivity index (χ1v) is 6.48. The molecule has 0 aliphatic carbocycles. The maximum absolute atomic E-state index is 5.69. The molecule has 1 N–H and O–H groups in total. The van der Waals surface area contributed by atoms with E-state index >= 15 is 0 Å². The second-order valence-electron chi connectivity index (χ2n) is 4.25. The number of ether oxygens (including phenoxy) is 2. The van der Waals surface area contributed by atoms with Gasteiger partial charge in [0.2, 0.25) is 5.89 Å². The molecule has 108 valence electrons. The standard InChI is InChI=1S/C14H19N3O3/c1-15-9-5-8-12-16-17-14(20-12)13-10(18-2)6-4-7-11(13)19-3/h4,6-7,15H,5,8-9H2,1-3H3.